The zero-order valence-electron chi connectivity index (χ0n) is 13.6. The van der Waals surface area contributed by atoms with E-state index in [1.54, 1.807) is 41.7 Å². The van der Waals surface area contributed by atoms with Gasteiger partial charge in [0.25, 0.3) is 0 Å². The predicted molar refractivity (Wildman–Crippen MR) is 103 cm³/mol. The molecule has 4 heteroatoms. The van der Waals surface area contributed by atoms with Crippen LogP contribution in [0.4, 0.5) is 0 Å². The van der Waals surface area contributed by atoms with Crippen LogP contribution in [0, 0.1) is 0 Å². The quantitative estimate of drug-likeness (QED) is 0.346. The van der Waals surface area contributed by atoms with Crippen LogP contribution in [0.15, 0.2) is 76.7 Å². The predicted octanol–water partition coefficient (Wildman–Crippen LogP) is 5.62. The van der Waals surface area contributed by atoms with Crippen molar-refractivity contribution in [2.45, 2.75) is 0 Å². The van der Waals surface area contributed by atoms with Gasteiger partial charge in [-0.15, -0.1) is 11.3 Å². The van der Waals surface area contributed by atoms with Crippen molar-refractivity contribution in [3.63, 3.8) is 0 Å². The minimum Gasteiger partial charge on any atom is -0.456 e. The number of ketones is 2. The van der Waals surface area contributed by atoms with Gasteiger partial charge >= 0.3 is 0 Å². The summed E-state index contributed by atoms with van der Waals surface area (Å²) in [6, 6.07) is 20.9. The van der Waals surface area contributed by atoms with Crippen molar-refractivity contribution in [1.82, 2.24) is 0 Å². The molecule has 0 unspecified atom stereocenters. The number of furan rings is 1. The van der Waals surface area contributed by atoms with Gasteiger partial charge in [-0.25, -0.2) is 0 Å². The van der Waals surface area contributed by atoms with Gasteiger partial charge in [0.05, 0.1) is 10.3 Å². The first-order valence-corrected chi connectivity index (χ1v) is 9.01. The molecular weight excluding hydrogens is 344 g/mol. The first-order chi connectivity index (χ1) is 12.7. The second kappa shape index (κ2) is 5.64. The molecule has 1 aliphatic rings. The number of allylic oxidation sites excluding steroid dienone is 1. The van der Waals surface area contributed by atoms with Crippen LogP contribution >= 0.6 is 11.3 Å². The first-order valence-electron chi connectivity index (χ1n) is 8.19. The van der Waals surface area contributed by atoms with Crippen LogP contribution < -0.4 is 0 Å². The minimum absolute atomic E-state index is 0.163. The van der Waals surface area contributed by atoms with Crippen molar-refractivity contribution in [1.29, 1.82) is 0 Å². The molecule has 0 saturated carbocycles. The maximum Gasteiger partial charge on any atom is 0.197 e. The van der Waals surface area contributed by atoms with E-state index in [-0.39, 0.29) is 17.1 Å². The molecule has 26 heavy (non-hydrogen) atoms. The average molecular weight is 356 g/mol. The Kier molecular flexibility index (Phi) is 3.27. The molecule has 2 aromatic carbocycles. The summed E-state index contributed by atoms with van der Waals surface area (Å²) in [7, 11) is 0. The normalized spacial score (nSPS) is 13.5. The van der Waals surface area contributed by atoms with Crippen molar-refractivity contribution in [3.8, 4) is 10.4 Å². The van der Waals surface area contributed by atoms with Crippen LogP contribution in [-0.2, 0) is 0 Å². The highest BCUT2D eigenvalue weighted by Gasteiger charge is 2.32. The van der Waals surface area contributed by atoms with E-state index in [1.807, 2.05) is 30.3 Å². The molecule has 4 aromatic rings. The molecule has 5 rings (SSSR count). The summed E-state index contributed by atoms with van der Waals surface area (Å²) >= 11 is 1.63. The average Bonchev–Trinajstić information content (AvgIpc) is 3.30. The van der Waals surface area contributed by atoms with Crippen molar-refractivity contribution >= 4 is 39.3 Å². The number of Topliss-reactive ketones (excluding diaryl/α,β-unsaturated/α-hetero) is 2. The number of hydrogen-bond donors (Lipinski definition) is 0. The third-order valence-corrected chi connectivity index (χ3v) is 5.59. The number of benzene rings is 2. The number of carbonyl (C=O) groups excluding carboxylic acids is 2. The summed E-state index contributed by atoms with van der Waals surface area (Å²) in [6.45, 7) is 0. The molecule has 0 aliphatic heterocycles. The first kappa shape index (κ1) is 15.0. The van der Waals surface area contributed by atoms with E-state index in [0.29, 0.717) is 16.9 Å². The molecule has 0 N–H and O–H groups in total. The topological polar surface area (TPSA) is 47.3 Å². The third-order valence-electron chi connectivity index (χ3n) is 4.48. The Balaban J connectivity index is 1.53. The van der Waals surface area contributed by atoms with Crippen molar-refractivity contribution < 1.29 is 14.0 Å². The Morgan fingerprint density at radius 2 is 1.46 bits per heavy atom. The molecular formula is C22H12O3S. The lowest BCUT2D eigenvalue weighted by atomic mass is 10.1. The van der Waals surface area contributed by atoms with Gasteiger partial charge in [0, 0.05) is 28.1 Å². The molecule has 2 heterocycles. The maximum absolute atomic E-state index is 12.5. The molecule has 0 saturated heterocycles. The Morgan fingerprint density at radius 1 is 0.808 bits per heavy atom. The second-order valence-corrected chi connectivity index (χ2v) is 7.20. The highest BCUT2D eigenvalue weighted by atomic mass is 32.1. The molecule has 124 valence electrons. The standard InChI is InChI=1S/C22H12O3S/c23-21-15-8-4-5-9-16(15)22(24)17(21)10-14-11-20-18(25-14)12-19(26-20)13-6-2-1-3-7-13/h1-12H. The maximum atomic E-state index is 12.5. The Labute approximate surface area is 153 Å². The molecule has 0 atom stereocenters. The van der Waals surface area contributed by atoms with Gasteiger partial charge in [0.15, 0.2) is 11.6 Å². The van der Waals surface area contributed by atoms with E-state index >= 15 is 0 Å². The molecule has 1 aliphatic carbocycles. The van der Waals surface area contributed by atoms with Crippen LogP contribution in [0.5, 0.6) is 0 Å². The van der Waals surface area contributed by atoms with Crippen LogP contribution in [0.1, 0.15) is 26.5 Å². The van der Waals surface area contributed by atoms with Gasteiger partial charge in [0.1, 0.15) is 11.3 Å². The number of fused-ring (bicyclic) bond motifs is 2. The SMILES string of the molecule is O=C1C(=Cc2cc3sc(-c4ccccc4)cc3o2)C(=O)c2ccccc21. The van der Waals surface area contributed by atoms with E-state index in [9.17, 15) is 9.59 Å². The molecule has 0 radical (unpaired) electrons. The van der Waals surface area contributed by atoms with E-state index < -0.39 is 0 Å². The van der Waals surface area contributed by atoms with E-state index in [0.717, 1.165) is 20.7 Å². The van der Waals surface area contributed by atoms with Gasteiger partial charge in [-0.2, -0.15) is 0 Å². The second-order valence-electron chi connectivity index (χ2n) is 6.12. The van der Waals surface area contributed by atoms with Gasteiger partial charge in [0.2, 0.25) is 0 Å². The Bertz CT molecular complexity index is 1140. The van der Waals surface area contributed by atoms with Crippen molar-refractivity contribution in [2.24, 2.45) is 0 Å². The summed E-state index contributed by atoms with van der Waals surface area (Å²) < 4.78 is 6.85. The smallest absolute Gasteiger partial charge is 0.197 e. The fourth-order valence-corrected chi connectivity index (χ4v) is 4.25. The zero-order valence-corrected chi connectivity index (χ0v) is 14.4. The van der Waals surface area contributed by atoms with Gasteiger partial charge in [-0.1, -0.05) is 54.6 Å². The number of hydrogen-bond acceptors (Lipinski definition) is 4. The third kappa shape index (κ3) is 2.27. The Hall–Kier alpha value is -3.24. The van der Waals surface area contributed by atoms with Gasteiger partial charge in [-0.3, -0.25) is 9.59 Å². The van der Waals surface area contributed by atoms with E-state index in [2.05, 4.69) is 12.1 Å². The van der Waals surface area contributed by atoms with Crippen molar-refractivity contribution in [3.05, 3.63) is 89.2 Å². The van der Waals surface area contributed by atoms with Crippen molar-refractivity contribution in [2.75, 3.05) is 0 Å². The molecule has 0 fully saturated rings. The molecule has 3 nitrogen and oxygen atoms in total. The number of thiophene rings is 1. The largest absolute Gasteiger partial charge is 0.456 e. The van der Waals surface area contributed by atoms with E-state index in [1.165, 1.54) is 0 Å². The highest BCUT2D eigenvalue weighted by Crippen LogP contribution is 2.36. The number of carbonyl (C=O) groups is 2. The Morgan fingerprint density at radius 3 is 2.12 bits per heavy atom. The summed E-state index contributed by atoms with van der Waals surface area (Å²) in [4.78, 5) is 26.1. The summed E-state index contributed by atoms with van der Waals surface area (Å²) in [5, 5.41) is 0. The lowest BCUT2D eigenvalue weighted by Crippen LogP contribution is -1.99. The summed E-state index contributed by atoms with van der Waals surface area (Å²) in [5.41, 5.74) is 2.99. The fourth-order valence-electron chi connectivity index (χ4n) is 3.22. The fraction of sp³-hybridized carbons (Fsp3) is 0. The van der Waals surface area contributed by atoms with Crippen LogP contribution in [0.2, 0.25) is 0 Å². The van der Waals surface area contributed by atoms with Gasteiger partial charge < -0.3 is 4.42 Å². The molecule has 0 amide bonds. The summed E-state index contributed by atoms with van der Waals surface area (Å²) in [5.74, 6) is 0.0426. The lowest BCUT2D eigenvalue weighted by Gasteiger charge is -1.94. The lowest BCUT2D eigenvalue weighted by molar-refractivity contribution is 0.0990. The van der Waals surface area contributed by atoms with Crippen LogP contribution in [0.3, 0.4) is 0 Å². The van der Waals surface area contributed by atoms with Crippen LogP contribution in [0.25, 0.3) is 26.8 Å². The van der Waals surface area contributed by atoms with E-state index in [4.69, 9.17) is 4.42 Å². The minimum atomic E-state index is -0.240. The highest BCUT2D eigenvalue weighted by molar-refractivity contribution is 7.22. The molecule has 0 spiro atoms. The summed E-state index contributed by atoms with van der Waals surface area (Å²) in [6.07, 6.45) is 1.56. The monoisotopic (exact) mass is 356 g/mol. The molecule has 2 aromatic heterocycles. The zero-order chi connectivity index (χ0) is 17.7. The van der Waals surface area contributed by atoms with Gasteiger partial charge in [-0.05, 0) is 11.6 Å². The number of rotatable bonds is 2. The van der Waals surface area contributed by atoms with Crippen LogP contribution in [-0.4, -0.2) is 11.6 Å². The molecule has 0 bridgehead atoms.